The molecule has 0 spiro atoms. The van der Waals surface area contributed by atoms with Crippen molar-refractivity contribution in [2.45, 2.75) is 13.3 Å². The zero-order chi connectivity index (χ0) is 14.3. The predicted molar refractivity (Wildman–Crippen MR) is 74.3 cm³/mol. The summed E-state index contributed by atoms with van der Waals surface area (Å²) in [4.78, 5) is 27.1. The molecule has 102 valence electrons. The molecule has 0 saturated heterocycles. The van der Waals surface area contributed by atoms with Gasteiger partial charge in [0, 0.05) is 11.6 Å². The second-order valence-corrected chi connectivity index (χ2v) is 5.11. The van der Waals surface area contributed by atoms with Gasteiger partial charge in [-0.05, 0) is 37.1 Å². The van der Waals surface area contributed by atoms with Gasteiger partial charge in [-0.15, -0.1) is 0 Å². The van der Waals surface area contributed by atoms with E-state index >= 15 is 0 Å². The summed E-state index contributed by atoms with van der Waals surface area (Å²) in [6.45, 7) is 1.96. The lowest BCUT2D eigenvalue weighted by molar-refractivity contribution is -0.139. The molecule has 1 amide bonds. The van der Waals surface area contributed by atoms with E-state index in [1.54, 1.807) is 6.20 Å². The van der Waals surface area contributed by atoms with E-state index in [1.807, 2.05) is 31.2 Å². The van der Waals surface area contributed by atoms with Crippen molar-refractivity contribution in [3.05, 3.63) is 36.0 Å². The number of carbonyl (C=O) groups is 2. The standard InChI is InChI=1S/C15H14N2O3/c1-8-4-5-12(9-3-2-6-16-13(8)9)17-14(18)10-7-11(10)15(19)20/h2-6,10-11H,7H2,1H3,(H,17,18)(H,19,20)/t10-,11+/m1/s1. The zero-order valence-corrected chi connectivity index (χ0v) is 11.0. The first-order chi connectivity index (χ1) is 9.58. The minimum atomic E-state index is -0.902. The van der Waals surface area contributed by atoms with Crippen molar-refractivity contribution >= 4 is 28.5 Å². The molecule has 2 atom stereocenters. The largest absolute Gasteiger partial charge is 0.481 e. The lowest BCUT2D eigenvalue weighted by atomic mass is 10.1. The van der Waals surface area contributed by atoms with E-state index in [-0.39, 0.29) is 5.91 Å². The summed E-state index contributed by atoms with van der Waals surface area (Å²) < 4.78 is 0. The number of carboxylic acids is 1. The van der Waals surface area contributed by atoms with Crippen molar-refractivity contribution < 1.29 is 14.7 Å². The lowest BCUT2D eigenvalue weighted by Gasteiger charge is -2.09. The lowest BCUT2D eigenvalue weighted by Crippen LogP contribution is -2.17. The molecule has 0 aliphatic heterocycles. The van der Waals surface area contributed by atoms with E-state index in [0.29, 0.717) is 12.1 Å². The molecule has 1 fully saturated rings. The average Bonchev–Trinajstić information content (AvgIpc) is 3.23. The molecule has 1 aromatic carbocycles. The fraction of sp³-hybridized carbons (Fsp3) is 0.267. The fourth-order valence-electron chi connectivity index (χ4n) is 2.41. The van der Waals surface area contributed by atoms with E-state index in [9.17, 15) is 9.59 Å². The van der Waals surface area contributed by atoms with Gasteiger partial charge in [-0.25, -0.2) is 0 Å². The van der Waals surface area contributed by atoms with Gasteiger partial charge in [0.05, 0.1) is 23.0 Å². The van der Waals surface area contributed by atoms with Crippen LogP contribution in [0, 0.1) is 18.8 Å². The number of carbonyl (C=O) groups excluding carboxylic acids is 1. The number of aliphatic carboxylic acids is 1. The molecule has 3 rings (SSSR count). The molecule has 5 heteroatoms. The van der Waals surface area contributed by atoms with Crippen LogP contribution in [0.5, 0.6) is 0 Å². The summed E-state index contributed by atoms with van der Waals surface area (Å²) in [5.74, 6) is -2.09. The molecular weight excluding hydrogens is 256 g/mol. The molecule has 1 aromatic heterocycles. The van der Waals surface area contributed by atoms with Crippen molar-refractivity contribution in [2.24, 2.45) is 11.8 Å². The molecule has 1 aliphatic carbocycles. The number of hydrogen-bond donors (Lipinski definition) is 2. The van der Waals surface area contributed by atoms with Crippen molar-refractivity contribution in [1.29, 1.82) is 0 Å². The number of anilines is 1. The second-order valence-electron chi connectivity index (χ2n) is 5.11. The molecule has 1 aliphatic rings. The van der Waals surface area contributed by atoms with E-state index in [0.717, 1.165) is 16.5 Å². The number of amides is 1. The second kappa shape index (κ2) is 4.59. The molecule has 20 heavy (non-hydrogen) atoms. The molecule has 0 bridgehead atoms. The van der Waals surface area contributed by atoms with Crippen LogP contribution in [0.2, 0.25) is 0 Å². The van der Waals surface area contributed by atoms with Gasteiger partial charge < -0.3 is 10.4 Å². The number of pyridine rings is 1. The average molecular weight is 270 g/mol. The molecular formula is C15H14N2O3. The number of aryl methyl sites for hydroxylation is 1. The third-order valence-corrected chi connectivity index (χ3v) is 3.67. The summed E-state index contributed by atoms with van der Waals surface area (Å²) in [7, 11) is 0. The Hall–Kier alpha value is -2.43. The molecule has 2 N–H and O–H groups in total. The van der Waals surface area contributed by atoms with Crippen molar-refractivity contribution in [3.63, 3.8) is 0 Å². The SMILES string of the molecule is Cc1ccc(NC(=O)[C@@H]2C[C@@H]2C(=O)O)c2cccnc12. The third kappa shape index (κ3) is 2.11. The van der Waals surface area contributed by atoms with Crippen LogP contribution in [0.25, 0.3) is 10.9 Å². The number of hydrogen-bond acceptors (Lipinski definition) is 3. The molecule has 5 nitrogen and oxygen atoms in total. The van der Waals surface area contributed by atoms with Crippen molar-refractivity contribution in [2.75, 3.05) is 5.32 Å². The Labute approximate surface area is 115 Å². The molecule has 2 aromatic rings. The van der Waals surface area contributed by atoms with Crippen molar-refractivity contribution in [3.8, 4) is 0 Å². The monoisotopic (exact) mass is 270 g/mol. The van der Waals surface area contributed by atoms with Crippen molar-refractivity contribution in [1.82, 2.24) is 4.98 Å². The summed E-state index contributed by atoms with van der Waals surface area (Å²) in [6.07, 6.45) is 2.13. The Morgan fingerprint density at radius 1 is 1.30 bits per heavy atom. The van der Waals surface area contributed by atoms with Gasteiger partial charge in [0.1, 0.15) is 0 Å². The number of benzene rings is 1. The summed E-state index contributed by atoms with van der Waals surface area (Å²) in [5.41, 5.74) is 2.56. The Balaban J connectivity index is 1.87. The van der Waals surface area contributed by atoms with Gasteiger partial charge in [-0.3, -0.25) is 14.6 Å². The third-order valence-electron chi connectivity index (χ3n) is 3.67. The maximum absolute atomic E-state index is 12.0. The van der Waals surface area contributed by atoms with E-state index in [1.165, 1.54) is 0 Å². The van der Waals surface area contributed by atoms with E-state index < -0.39 is 17.8 Å². The molecule has 1 heterocycles. The van der Waals surface area contributed by atoms with Gasteiger partial charge >= 0.3 is 5.97 Å². The zero-order valence-electron chi connectivity index (χ0n) is 11.0. The first-order valence-electron chi connectivity index (χ1n) is 6.46. The molecule has 0 unspecified atom stereocenters. The molecule has 1 saturated carbocycles. The van der Waals surface area contributed by atoms with Crippen LogP contribution in [0.1, 0.15) is 12.0 Å². The van der Waals surface area contributed by atoms with Crippen LogP contribution < -0.4 is 5.32 Å². The highest BCUT2D eigenvalue weighted by atomic mass is 16.4. The van der Waals surface area contributed by atoms with Gasteiger partial charge in [0.2, 0.25) is 5.91 Å². The van der Waals surface area contributed by atoms with Gasteiger partial charge in [-0.1, -0.05) is 6.07 Å². The summed E-state index contributed by atoms with van der Waals surface area (Å²) in [6, 6.07) is 7.43. The Bertz CT molecular complexity index is 711. The fourth-order valence-corrected chi connectivity index (χ4v) is 2.41. The van der Waals surface area contributed by atoms with Gasteiger partial charge in [-0.2, -0.15) is 0 Å². The van der Waals surface area contributed by atoms with Gasteiger partial charge in [0.15, 0.2) is 0 Å². The van der Waals surface area contributed by atoms with Gasteiger partial charge in [0.25, 0.3) is 0 Å². The first kappa shape index (κ1) is 12.6. The highest BCUT2D eigenvalue weighted by Crippen LogP contribution is 2.39. The predicted octanol–water partition coefficient (Wildman–Crippen LogP) is 2.20. The molecule has 0 radical (unpaired) electrons. The van der Waals surface area contributed by atoms with Crippen LogP contribution in [0.15, 0.2) is 30.5 Å². The van der Waals surface area contributed by atoms with E-state index in [2.05, 4.69) is 10.3 Å². The number of nitrogens with zero attached hydrogens (tertiary/aromatic N) is 1. The smallest absolute Gasteiger partial charge is 0.307 e. The van der Waals surface area contributed by atoms with Crippen LogP contribution in [0.4, 0.5) is 5.69 Å². The normalized spacial score (nSPS) is 20.6. The number of carboxylic acid groups (broad SMARTS) is 1. The van der Waals surface area contributed by atoms with E-state index in [4.69, 9.17) is 5.11 Å². The quantitative estimate of drug-likeness (QED) is 0.896. The topological polar surface area (TPSA) is 79.3 Å². The highest BCUT2D eigenvalue weighted by Gasteiger charge is 2.48. The Morgan fingerprint density at radius 2 is 2.10 bits per heavy atom. The minimum absolute atomic E-state index is 0.230. The van der Waals surface area contributed by atoms with Crippen LogP contribution in [0.3, 0.4) is 0 Å². The van der Waals surface area contributed by atoms with Crippen LogP contribution >= 0.6 is 0 Å². The summed E-state index contributed by atoms with van der Waals surface area (Å²) in [5, 5.41) is 12.5. The summed E-state index contributed by atoms with van der Waals surface area (Å²) >= 11 is 0. The Kier molecular flexibility index (Phi) is 2.89. The number of aromatic nitrogens is 1. The Morgan fingerprint density at radius 3 is 2.80 bits per heavy atom. The number of rotatable bonds is 3. The maximum atomic E-state index is 12.0. The maximum Gasteiger partial charge on any atom is 0.307 e. The first-order valence-corrected chi connectivity index (χ1v) is 6.46. The highest BCUT2D eigenvalue weighted by molar-refractivity contribution is 6.04. The number of fused-ring (bicyclic) bond motifs is 1. The van der Waals surface area contributed by atoms with Crippen LogP contribution in [-0.4, -0.2) is 22.0 Å². The minimum Gasteiger partial charge on any atom is -0.481 e. The van der Waals surface area contributed by atoms with Crippen LogP contribution in [-0.2, 0) is 9.59 Å². The number of nitrogens with one attached hydrogen (secondary N) is 1.